The highest BCUT2D eigenvalue weighted by atomic mass is 19.1. The van der Waals surface area contributed by atoms with Gasteiger partial charge in [-0.3, -0.25) is 9.59 Å². The number of hydrogen-bond acceptors (Lipinski definition) is 8. The van der Waals surface area contributed by atoms with Gasteiger partial charge in [0, 0.05) is 30.6 Å². The number of nitrogens with one attached hydrogen (secondary N) is 1. The molecule has 2 amide bonds. The van der Waals surface area contributed by atoms with Gasteiger partial charge in [0.05, 0.1) is 18.3 Å². The molecule has 1 aliphatic carbocycles. The number of halogens is 1. The van der Waals surface area contributed by atoms with Gasteiger partial charge >= 0.3 is 0 Å². The summed E-state index contributed by atoms with van der Waals surface area (Å²) in [7, 11) is 0. The second-order valence-electron chi connectivity index (χ2n) is 10.8. The molecule has 0 radical (unpaired) electrons. The summed E-state index contributed by atoms with van der Waals surface area (Å²) in [5, 5.41) is 25.4. The summed E-state index contributed by atoms with van der Waals surface area (Å²) in [4.78, 5) is 32.5. The summed E-state index contributed by atoms with van der Waals surface area (Å²) >= 11 is 0. The summed E-state index contributed by atoms with van der Waals surface area (Å²) < 4.78 is 20.3. The van der Waals surface area contributed by atoms with Crippen molar-refractivity contribution in [2.24, 2.45) is 5.41 Å². The zero-order chi connectivity index (χ0) is 26.3. The van der Waals surface area contributed by atoms with Gasteiger partial charge in [-0.2, -0.15) is 4.98 Å². The maximum absolute atomic E-state index is 13.8. The normalized spacial score (nSPS) is 20.7. The van der Waals surface area contributed by atoms with Crippen LogP contribution >= 0.6 is 0 Å². The average Bonchev–Trinajstić information content (AvgIpc) is 3.22. The number of likely N-dealkylation sites (tertiary alicyclic amines) is 1. The number of aliphatic hydroxyl groups is 1. The minimum Gasteiger partial charge on any atom is -0.391 e. The first-order valence-corrected chi connectivity index (χ1v) is 12.4. The van der Waals surface area contributed by atoms with Gasteiger partial charge in [-0.1, -0.05) is 43.3 Å². The molecule has 0 spiro atoms. The topological polar surface area (TPSA) is 139 Å². The molecule has 37 heavy (non-hydrogen) atoms. The highest BCUT2D eigenvalue weighted by Crippen LogP contribution is 2.40. The van der Waals surface area contributed by atoms with E-state index in [0.717, 1.165) is 18.5 Å². The van der Waals surface area contributed by atoms with Gasteiger partial charge in [-0.15, -0.1) is 5.10 Å². The molecule has 2 fully saturated rings. The minimum atomic E-state index is -0.871. The van der Waals surface area contributed by atoms with Crippen LogP contribution in [0.5, 0.6) is 0 Å². The maximum atomic E-state index is 13.8. The molecule has 1 aromatic carbocycles. The van der Waals surface area contributed by atoms with Crippen LogP contribution in [0.3, 0.4) is 0 Å². The van der Waals surface area contributed by atoms with E-state index in [0.29, 0.717) is 11.5 Å². The molecule has 2 aliphatic rings. The van der Waals surface area contributed by atoms with Crippen molar-refractivity contribution >= 4 is 11.8 Å². The Labute approximate surface area is 213 Å². The number of carbonyl (C=O) groups excluding carboxylic acids is 2. The number of carbonyl (C=O) groups is 2. The van der Waals surface area contributed by atoms with Crippen LogP contribution in [0, 0.1) is 11.2 Å². The number of aromatic nitrogens is 5. The zero-order valence-electron chi connectivity index (χ0n) is 21.0. The molecule has 2 N–H and O–H groups in total. The number of aliphatic hydroxyl groups excluding tert-OH is 1. The monoisotopic (exact) mass is 511 g/mol. The first-order chi connectivity index (χ1) is 17.6. The molecule has 0 unspecified atom stereocenters. The van der Waals surface area contributed by atoms with Crippen molar-refractivity contribution in [2.45, 2.75) is 70.7 Å². The Morgan fingerprint density at radius 2 is 2.08 bits per heavy atom. The summed E-state index contributed by atoms with van der Waals surface area (Å²) in [6.45, 7) is 5.76. The Bertz CT molecular complexity index is 1300. The molecule has 0 bridgehead atoms. The Kier molecular flexibility index (Phi) is 6.52. The van der Waals surface area contributed by atoms with E-state index < -0.39 is 35.3 Å². The second kappa shape index (κ2) is 9.66. The summed E-state index contributed by atoms with van der Waals surface area (Å²) in [6, 6.07) is 4.21. The van der Waals surface area contributed by atoms with Gasteiger partial charge in [0.2, 0.25) is 23.5 Å². The van der Waals surface area contributed by atoms with Crippen LogP contribution in [0.15, 0.2) is 35.0 Å². The Morgan fingerprint density at radius 1 is 1.30 bits per heavy atom. The van der Waals surface area contributed by atoms with E-state index in [1.54, 1.807) is 10.7 Å². The quantitative estimate of drug-likeness (QED) is 0.492. The van der Waals surface area contributed by atoms with E-state index in [1.807, 2.05) is 27.0 Å². The largest absolute Gasteiger partial charge is 0.391 e. The van der Waals surface area contributed by atoms with Crippen molar-refractivity contribution in [3.63, 3.8) is 0 Å². The standard InChI is InChI=1S/C25H30FN7O4/c1-25(2,3)21(33-13-18(29-31-33)14-7-8-14)24(36)32-12-17(34)10-19(32)23(35)27-11-20-28-22(30-37-20)15-5-4-6-16(26)9-15/h4-6,9,13-14,17,19,21,34H,7-8,10-12H2,1-3H3,(H,27,35)/t17-,19+,21-/m1/s1. The highest BCUT2D eigenvalue weighted by Gasteiger charge is 2.45. The molecule has 1 saturated heterocycles. The van der Waals surface area contributed by atoms with Crippen LogP contribution in [-0.2, 0) is 16.1 Å². The van der Waals surface area contributed by atoms with Crippen molar-refractivity contribution in [3.05, 3.63) is 47.9 Å². The van der Waals surface area contributed by atoms with Gasteiger partial charge < -0.3 is 19.8 Å². The van der Waals surface area contributed by atoms with Crippen LogP contribution in [0.1, 0.15) is 63.6 Å². The van der Waals surface area contributed by atoms with Gasteiger partial charge in [-0.25, -0.2) is 9.07 Å². The molecule has 196 valence electrons. The number of β-amino-alcohol motifs (C(OH)–C–C–N with tert-alkyl or cyclic N) is 1. The third-order valence-electron chi connectivity index (χ3n) is 6.67. The Hall–Kier alpha value is -3.67. The number of rotatable bonds is 7. The predicted molar refractivity (Wildman–Crippen MR) is 128 cm³/mol. The lowest BCUT2D eigenvalue weighted by atomic mass is 9.85. The molecule has 11 nitrogen and oxygen atoms in total. The number of amides is 2. The third-order valence-corrected chi connectivity index (χ3v) is 6.67. The molecular formula is C25H30FN7O4. The van der Waals surface area contributed by atoms with Crippen molar-refractivity contribution in [3.8, 4) is 11.4 Å². The predicted octanol–water partition coefficient (Wildman–Crippen LogP) is 2.21. The zero-order valence-corrected chi connectivity index (χ0v) is 21.0. The van der Waals surface area contributed by atoms with Crippen LogP contribution in [0.4, 0.5) is 4.39 Å². The van der Waals surface area contributed by atoms with Crippen molar-refractivity contribution in [2.75, 3.05) is 6.54 Å². The van der Waals surface area contributed by atoms with E-state index in [4.69, 9.17) is 4.52 Å². The number of benzene rings is 1. The van der Waals surface area contributed by atoms with Gasteiger partial charge in [0.1, 0.15) is 17.9 Å². The van der Waals surface area contributed by atoms with Crippen LogP contribution in [0.2, 0.25) is 0 Å². The average molecular weight is 512 g/mol. The number of nitrogens with zero attached hydrogens (tertiary/aromatic N) is 6. The van der Waals surface area contributed by atoms with Crippen molar-refractivity contribution in [1.82, 2.24) is 35.4 Å². The first kappa shape index (κ1) is 25.0. The van der Waals surface area contributed by atoms with Crippen LogP contribution < -0.4 is 5.32 Å². The van der Waals surface area contributed by atoms with Crippen molar-refractivity contribution in [1.29, 1.82) is 0 Å². The van der Waals surface area contributed by atoms with Gasteiger partial charge in [0.25, 0.3) is 0 Å². The van der Waals surface area contributed by atoms with Crippen LogP contribution in [0.25, 0.3) is 11.4 Å². The molecular weight excluding hydrogens is 481 g/mol. The lowest BCUT2D eigenvalue weighted by Crippen LogP contribution is -2.50. The lowest BCUT2D eigenvalue weighted by molar-refractivity contribution is -0.144. The molecule has 3 atom stereocenters. The lowest BCUT2D eigenvalue weighted by Gasteiger charge is -2.34. The van der Waals surface area contributed by atoms with Crippen LogP contribution in [-0.4, -0.2) is 65.6 Å². The molecule has 3 heterocycles. The maximum Gasteiger partial charge on any atom is 0.248 e. The molecule has 1 aliphatic heterocycles. The Morgan fingerprint density at radius 3 is 2.78 bits per heavy atom. The summed E-state index contributed by atoms with van der Waals surface area (Å²) in [6.07, 6.45) is 3.23. The molecule has 2 aromatic heterocycles. The van der Waals surface area contributed by atoms with Gasteiger partial charge in [0.15, 0.2) is 0 Å². The SMILES string of the molecule is CC(C)(C)[C@@H](C(=O)N1C[C@H](O)C[C@H]1C(=O)NCc1nc(-c2cccc(F)c2)no1)n1cc(C2CC2)nn1. The fraction of sp³-hybridized carbons (Fsp3) is 0.520. The minimum absolute atomic E-state index is 0.0396. The smallest absolute Gasteiger partial charge is 0.248 e. The molecule has 1 saturated carbocycles. The van der Waals surface area contributed by atoms with E-state index in [2.05, 4.69) is 25.8 Å². The third kappa shape index (κ3) is 5.38. The summed E-state index contributed by atoms with van der Waals surface area (Å²) in [5.41, 5.74) is 0.801. The fourth-order valence-electron chi connectivity index (χ4n) is 4.68. The van der Waals surface area contributed by atoms with Gasteiger partial charge in [-0.05, 0) is 30.4 Å². The van der Waals surface area contributed by atoms with E-state index in [1.165, 1.54) is 23.1 Å². The van der Waals surface area contributed by atoms with Crippen molar-refractivity contribution < 1.29 is 23.6 Å². The second-order valence-corrected chi connectivity index (χ2v) is 10.8. The molecule has 12 heteroatoms. The van der Waals surface area contributed by atoms with E-state index in [9.17, 15) is 19.1 Å². The summed E-state index contributed by atoms with van der Waals surface area (Å²) in [5.74, 6) is -0.453. The molecule has 3 aromatic rings. The Balaban J connectivity index is 1.28. The van der Waals surface area contributed by atoms with E-state index >= 15 is 0 Å². The number of hydrogen-bond donors (Lipinski definition) is 2. The first-order valence-electron chi connectivity index (χ1n) is 12.4. The highest BCUT2D eigenvalue weighted by molar-refractivity contribution is 5.90. The fourth-order valence-corrected chi connectivity index (χ4v) is 4.68. The van der Waals surface area contributed by atoms with E-state index in [-0.39, 0.29) is 37.1 Å². The molecule has 5 rings (SSSR count).